The summed E-state index contributed by atoms with van der Waals surface area (Å²) < 4.78 is 24.1. The van der Waals surface area contributed by atoms with E-state index < -0.39 is 16.5 Å². The highest BCUT2D eigenvalue weighted by Gasteiger charge is 2.52. The van der Waals surface area contributed by atoms with E-state index in [9.17, 15) is 8.42 Å². The van der Waals surface area contributed by atoms with Crippen LogP contribution in [0.3, 0.4) is 0 Å². The molecule has 0 N–H and O–H groups in total. The van der Waals surface area contributed by atoms with Crippen molar-refractivity contribution in [2.24, 2.45) is 0 Å². The molecule has 86 valence electrons. The van der Waals surface area contributed by atoms with Gasteiger partial charge in [0.15, 0.2) is 0 Å². The molecule has 0 aliphatic rings. The summed E-state index contributed by atoms with van der Waals surface area (Å²) >= 11 is 0. The molecule has 0 aliphatic heterocycles. The van der Waals surface area contributed by atoms with Gasteiger partial charge in [-0.2, -0.15) is 0 Å². The van der Waals surface area contributed by atoms with Crippen molar-refractivity contribution in [2.75, 3.05) is 6.26 Å². The van der Waals surface area contributed by atoms with E-state index in [1.807, 2.05) is 0 Å². The molecule has 0 heterocycles. The average molecular weight is 236 g/mol. The van der Waals surface area contributed by atoms with Gasteiger partial charge in [0.2, 0.25) is 7.22 Å². The van der Waals surface area contributed by atoms with Gasteiger partial charge in [-0.15, -0.1) is 0 Å². The fourth-order valence-electron chi connectivity index (χ4n) is 3.28. The Morgan fingerprint density at radius 3 is 1.00 bits per heavy atom. The topological polar surface area (TPSA) is 34.1 Å². The molecule has 0 atom stereocenters. The largest absolute Gasteiger partial charge is 0.236 e. The summed E-state index contributed by atoms with van der Waals surface area (Å²) in [4.78, 5) is 0. The van der Waals surface area contributed by atoms with Gasteiger partial charge in [-0.3, -0.25) is 0 Å². The van der Waals surface area contributed by atoms with Crippen LogP contribution >= 0.6 is 0 Å². The molecule has 2 nitrogen and oxygen atoms in total. The number of rotatable bonds is 4. The molecular formula is C10H24O2SSi. The minimum Gasteiger partial charge on any atom is -0.236 e. The van der Waals surface area contributed by atoms with Gasteiger partial charge < -0.3 is 0 Å². The predicted molar refractivity (Wildman–Crippen MR) is 65.9 cm³/mol. The maximum Gasteiger partial charge on any atom is 0.202 e. The van der Waals surface area contributed by atoms with Crippen LogP contribution in [0.1, 0.15) is 41.5 Å². The van der Waals surface area contributed by atoms with Gasteiger partial charge in [0, 0.05) is 6.26 Å². The van der Waals surface area contributed by atoms with Crippen LogP contribution in [0.4, 0.5) is 0 Å². The summed E-state index contributed by atoms with van der Waals surface area (Å²) in [7, 11) is -5.14. The Hall–Kier alpha value is 0.167. The monoisotopic (exact) mass is 236 g/mol. The van der Waals surface area contributed by atoms with Gasteiger partial charge in [-0.25, -0.2) is 8.42 Å². The maximum atomic E-state index is 12.0. The van der Waals surface area contributed by atoms with Crippen molar-refractivity contribution in [1.29, 1.82) is 0 Å². The van der Waals surface area contributed by atoms with E-state index in [1.165, 1.54) is 6.26 Å². The molecular weight excluding hydrogens is 212 g/mol. The summed E-state index contributed by atoms with van der Waals surface area (Å²) in [5.41, 5.74) is 0.868. The van der Waals surface area contributed by atoms with Crippen LogP contribution in [0.5, 0.6) is 0 Å². The zero-order valence-corrected chi connectivity index (χ0v) is 12.3. The van der Waals surface area contributed by atoms with E-state index >= 15 is 0 Å². The number of hydrogen-bond acceptors (Lipinski definition) is 2. The Morgan fingerprint density at radius 1 is 0.786 bits per heavy atom. The summed E-state index contributed by atoms with van der Waals surface area (Å²) in [6, 6.07) is 0. The van der Waals surface area contributed by atoms with Crippen LogP contribution in [-0.2, 0) is 9.29 Å². The highest BCUT2D eigenvalue weighted by molar-refractivity contribution is 8.22. The first kappa shape index (κ1) is 14.2. The zero-order valence-electron chi connectivity index (χ0n) is 10.5. The van der Waals surface area contributed by atoms with Gasteiger partial charge >= 0.3 is 0 Å². The quantitative estimate of drug-likeness (QED) is 0.702. The first-order chi connectivity index (χ1) is 6.08. The molecule has 0 rings (SSSR count). The standard InChI is InChI=1S/C10H24O2SSi/c1-8(2)14(9(3)4,10(5)6)13(7,11)12/h8-10H,1-7H3. The van der Waals surface area contributed by atoms with Crippen LogP contribution < -0.4 is 0 Å². The van der Waals surface area contributed by atoms with Crippen molar-refractivity contribution in [2.45, 2.75) is 58.2 Å². The van der Waals surface area contributed by atoms with Gasteiger partial charge in [0.05, 0.1) is 0 Å². The molecule has 0 amide bonds. The van der Waals surface area contributed by atoms with Crippen LogP contribution in [0, 0.1) is 0 Å². The Kier molecular flexibility index (Phi) is 4.40. The normalized spacial score (nSPS) is 14.4. The highest BCUT2D eigenvalue weighted by Crippen LogP contribution is 2.44. The lowest BCUT2D eigenvalue weighted by Gasteiger charge is -2.40. The van der Waals surface area contributed by atoms with Gasteiger partial charge in [0.1, 0.15) is 9.29 Å². The molecule has 0 aliphatic carbocycles. The first-order valence-corrected chi connectivity index (χ1v) is 10.1. The maximum absolute atomic E-state index is 12.0. The predicted octanol–water partition coefficient (Wildman–Crippen LogP) is 3.21. The second-order valence-corrected chi connectivity index (χ2v) is 16.2. The molecule has 0 spiro atoms. The second kappa shape index (κ2) is 4.35. The van der Waals surface area contributed by atoms with Crippen LogP contribution in [0.25, 0.3) is 0 Å². The lowest BCUT2D eigenvalue weighted by atomic mass is 10.5. The van der Waals surface area contributed by atoms with Gasteiger partial charge in [0.25, 0.3) is 0 Å². The molecule has 4 heteroatoms. The third-order valence-corrected chi connectivity index (χ3v) is 18.1. The molecule has 0 saturated carbocycles. The van der Waals surface area contributed by atoms with Crippen molar-refractivity contribution in [1.82, 2.24) is 0 Å². The minimum atomic E-state index is -2.89. The van der Waals surface area contributed by atoms with Crippen molar-refractivity contribution in [3.8, 4) is 0 Å². The fourth-order valence-corrected chi connectivity index (χ4v) is 17.6. The molecule has 0 aromatic carbocycles. The third kappa shape index (κ3) is 2.06. The van der Waals surface area contributed by atoms with Crippen molar-refractivity contribution in [3.05, 3.63) is 0 Å². The fraction of sp³-hybridized carbons (Fsp3) is 1.00. The summed E-state index contributed by atoms with van der Waals surface area (Å²) in [6.45, 7) is 12.4. The van der Waals surface area contributed by atoms with E-state index in [0.717, 1.165) is 0 Å². The Morgan fingerprint density at radius 2 is 1.00 bits per heavy atom. The SMILES string of the molecule is CC(C)[Si](C(C)C)(C(C)C)S(C)(=O)=O. The first-order valence-electron chi connectivity index (χ1n) is 5.28. The van der Waals surface area contributed by atoms with Crippen molar-refractivity contribution in [3.63, 3.8) is 0 Å². The smallest absolute Gasteiger partial charge is 0.202 e. The summed E-state index contributed by atoms with van der Waals surface area (Å²) in [6.07, 6.45) is 1.43. The van der Waals surface area contributed by atoms with Gasteiger partial charge in [-0.1, -0.05) is 41.5 Å². The molecule has 0 fully saturated rings. The second-order valence-electron chi connectivity index (χ2n) is 5.09. The third-order valence-electron chi connectivity index (χ3n) is 3.35. The Labute approximate surface area is 89.7 Å². The van der Waals surface area contributed by atoms with E-state index in [-0.39, 0.29) is 16.6 Å². The molecule has 0 radical (unpaired) electrons. The molecule has 0 saturated heterocycles. The molecule has 0 aromatic rings. The van der Waals surface area contributed by atoms with E-state index in [2.05, 4.69) is 41.5 Å². The van der Waals surface area contributed by atoms with Crippen LogP contribution in [0.15, 0.2) is 0 Å². The highest BCUT2D eigenvalue weighted by atomic mass is 32.4. The zero-order chi connectivity index (χ0) is 11.7. The van der Waals surface area contributed by atoms with Crippen molar-refractivity contribution < 1.29 is 8.42 Å². The van der Waals surface area contributed by atoms with Crippen LogP contribution in [0.2, 0.25) is 16.6 Å². The molecule has 0 aromatic heterocycles. The van der Waals surface area contributed by atoms with Crippen LogP contribution in [-0.4, -0.2) is 21.9 Å². The molecule has 0 unspecified atom stereocenters. The minimum absolute atomic E-state index is 0.289. The van der Waals surface area contributed by atoms with E-state index in [0.29, 0.717) is 0 Å². The average Bonchev–Trinajstić information content (AvgIpc) is 1.79. The lowest BCUT2D eigenvalue weighted by Crippen LogP contribution is -2.51. The van der Waals surface area contributed by atoms with Gasteiger partial charge in [-0.05, 0) is 16.6 Å². The van der Waals surface area contributed by atoms with Crippen molar-refractivity contribution >= 4 is 16.5 Å². The Balaban J connectivity index is 5.66. The molecule has 14 heavy (non-hydrogen) atoms. The molecule has 0 bridgehead atoms. The van der Waals surface area contributed by atoms with E-state index in [1.54, 1.807) is 0 Å². The lowest BCUT2D eigenvalue weighted by molar-refractivity contribution is 0.608. The Bertz CT molecular complexity index is 257. The van der Waals surface area contributed by atoms with E-state index in [4.69, 9.17) is 0 Å². The summed E-state index contributed by atoms with van der Waals surface area (Å²) in [5, 5.41) is 0. The summed E-state index contributed by atoms with van der Waals surface area (Å²) in [5.74, 6) is 0. The number of hydrogen-bond donors (Lipinski definition) is 0.